The van der Waals surface area contributed by atoms with Gasteiger partial charge in [-0.05, 0) is 19.1 Å². The second-order valence-corrected chi connectivity index (χ2v) is 3.30. The summed E-state index contributed by atoms with van der Waals surface area (Å²) in [6, 6.07) is 4.49. The van der Waals surface area contributed by atoms with E-state index < -0.39 is 11.0 Å². The Kier molecular flexibility index (Phi) is 3.62. The molecule has 15 heavy (non-hydrogen) atoms. The van der Waals surface area contributed by atoms with Crippen LogP contribution >= 0.6 is 0 Å². The molecule has 1 aromatic carbocycles. The van der Waals surface area contributed by atoms with Gasteiger partial charge in [0.15, 0.2) is 0 Å². The van der Waals surface area contributed by atoms with Crippen LogP contribution in [0, 0.1) is 10.1 Å². The first-order valence-corrected chi connectivity index (χ1v) is 4.54. The van der Waals surface area contributed by atoms with Gasteiger partial charge in [0.2, 0.25) is 0 Å². The van der Waals surface area contributed by atoms with Gasteiger partial charge in [0.05, 0.1) is 18.1 Å². The normalized spacial score (nSPS) is 12.2. The van der Waals surface area contributed by atoms with Crippen molar-refractivity contribution in [2.24, 2.45) is 0 Å². The lowest BCUT2D eigenvalue weighted by molar-refractivity contribution is -0.385. The van der Waals surface area contributed by atoms with Crippen molar-refractivity contribution < 1.29 is 14.8 Å². The SMILES string of the molecule is COc1ccc([N+](=O)[O-])c(C[C@H](C)O)c1. The van der Waals surface area contributed by atoms with Crippen LogP contribution in [0.3, 0.4) is 0 Å². The second-order valence-electron chi connectivity index (χ2n) is 3.30. The van der Waals surface area contributed by atoms with Crippen LogP contribution in [-0.2, 0) is 6.42 Å². The van der Waals surface area contributed by atoms with Crippen LogP contribution in [-0.4, -0.2) is 23.2 Å². The van der Waals surface area contributed by atoms with Crippen molar-refractivity contribution in [2.75, 3.05) is 7.11 Å². The number of hydrogen-bond acceptors (Lipinski definition) is 4. The molecule has 1 atom stereocenters. The molecule has 0 heterocycles. The number of ether oxygens (including phenoxy) is 1. The molecule has 5 heteroatoms. The van der Waals surface area contributed by atoms with Crippen molar-refractivity contribution in [3.8, 4) is 5.75 Å². The lowest BCUT2D eigenvalue weighted by Crippen LogP contribution is -2.06. The lowest BCUT2D eigenvalue weighted by Gasteiger charge is -2.07. The van der Waals surface area contributed by atoms with E-state index in [0.29, 0.717) is 11.3 Å². The summed E-state index contributed by atoms with van der Waals surface area (Å²) in [5, 5.41) is 19.9. The quantitative estimate of drug-likeness (QED) is 0.605. The smallest absolute Gasteiger partial charge is 0.272 e. The fourth-order valence-corrected chi connectivity index (χ4v) is 1.35. The summed E-state index contributed by atoms with van der Waals surface area (Å²) in [6.45, 7) is 1.59. The molecule has 0 amide bonds. The summed E-state index contributed by atoms with van der Waals surface area (Å²) in [5.74, 6) is 0.552. The van der Waals surface area contributed by atoms with E-state index in [0.717, 1.165) is 0 Å². The fourth-order valence-electron chi connectivity index (χ4n) is 1.35. The van der Waals surface area contributed by atoms with Crippen molar-refractivity contribution >= 4 is 5.69 Å². The van der Waals surface area contributed by atoms with Crippen LogP contribution in [0.5, 0.6) is 5.75 Å². The molecule has 0 radical (unpaired) electrons. The Morgan fingerprint density at radius 1 is 1.60 bits per heavy atom. The topological polar surface area (TPSA) is 72.6 Å². The summed E-state index contributed by atoms with van der Waals surface area (Å²) in [5.41, 5.74) is 0.492. The first-order valence-electron chi connectivity index (χ1n) is 4.54. The maximum atomic E-state index is 10.7. The molecule has 0 aromatic heterocycles. The molecular weight excluding hydrogens is 198 g/mol. The van der Waals surface area contributed by atoms with Gasteiger partial charge in [-0.1, -0.05) is 0 Å². The molecule has 0 aliphatic carbocycles. The van der Waals surface area contributed by atoms with E-state index in [1.165, 1.54) is 19.2 Å². The van der Waals surface area contributed by atoms with Gasteiger partial charge >= 0.3 is 0 Å². The van der Waals surface area contributed by atoms with E-state index in [-0.39, 0.29) is 12.1 Å². The van der Waals surface area contributed by atoms with Gasteiger partial charge in [-0.3, -0.25) is 10.1 Å². The highest BCUT2D eigenvalue weighted by Gasteiger charge is 2.15. The zero-order chi connectivity index (χ0) is 11.4. The van der Waals surface area contributed by atoms with Gasteiger partial charge < -0.3 is 9.84 Å². The first kappa shape index (κ1) is 11.5. The van der Waals surface area contributed by atoms with Crippen LogP contribution in [0.4, 0.5) is 5.69 Å². The molecule has 0 saturated heterocycles. The molecule has 1 N–H and O–H groups in total. The summed E-state index contributed by atoms with van der Waals surface area (Å²) >= 11 is 0. The number of aliphatic hydroxyl groups is 1. The third-order valence-electron chi connectivity index (χ3n) is 2.00. The minimum atomic E-state index is -0.615. The van der Waals surface area contributed by atoms with Crippen molar-refractivity contribution in [3.63, 3.8) is 0 Å². The van der Waals surface area contributed by atoms with E-state index in [1.807, 2.05) is 0 Å². The molecule has 0 fully saturated rings. The highest BCUT2D eigenvalue weighted by Crippen LogP contribution is 2.24. The Balaban J connectivity index is 3.10. The third-order valence-corrected chi connectivity index (χ3v) is 2.00. The second kappa shape index (κ2) is 4.75. The van der Waals surface area contributed by atoms with Gasteiger partial charge in [-0.15, -0.1) is 0 Å². The standard InChI is InChI=1S/C10H13NO4/c1-7(12)5-8-6-9(15-2)3-4-10(8)11(13)14/h3-4,6-7,12H,5H2,1-2H3/t7-/m0/s1. The summed E-state index contributed by atoms with van der Waals surface area (Å²) in [4.78, 5) is 10.2. The Hall–Kier alpha value is -1.62. The highest BCUT2D eigenvalue weighted by atomic mass is 16.6. The van der Waals surface area contributed by atoms with Crippen molar-refractivity contribution in [3.05, 3.63) is 33.9 Å². The number of nitro benzene ring substituents is 1. The zero-order valence-electron chi connectivity index (χ0n) is 8.64. The molecule has 5 nitrogen and oxygen atoms in total. The van der Waals surface area contributed by atoms with Crippen LogP contribution in [0.15, 0.2) is 18.2 Å². The van der Waals surface area contributed by atoms with Gasteiger partial charge in [0, 0.05) is 18.1 Å². The van der Waals surface area contributed by atoms with Crippen molar-refractivity contribution in [1.82, 2.24) is 0 Å². The van der Waals surface area contributed by atoms with E-state index in [1.54, 1.807) is 13.0 Å². The largest absolute Gasteiger partial charge is 0.497 e. The van der Waals surface area contributed by atoms with Gasteiger partial charge in [0.1, 0.15) is 5.75 Å². The van der Waals surface area contributed by atoms with Gasteiger partial charge in [-0.25, -0.2) is 0 Å². The summed E-state index contributed by atoms with van der Waals surface area (Å²) in [7, 11) is 1.49. The van der Waals surface area contributed by atoms with Crippen LogP contribution in [0.1, 0.15) is 12.5 Å². The molecule has 1 rings (SSSR count). The number of rotatable bonds is 4. The van der Waals surface area contributed by atoms with E-state index >= 15 is 0 Å². The van der Waals surface area contributed by atoms with E-state index in [4.69, 9.17) is 4.74 Å². The first-order chi connectivity index (χ1) is 7.04. The highest BCUT2D eigenvalue weighted by molar-refractivity contribution is 5.45. The monoisotopic (exact) mass is 211 g/mol. The third kappa shape index (κ3) is 2.92. The number of benzene rings is 1. The zero-order valence-corrected chi connectivity index (χ0v) is 8.64. The number of hydrogen-bond donors (Lipinski definition) is 1. The molecule has 0 saturated carbocycles. The average Bonchev–Trinajstić information content (AvgIpc) is 2.16. The Morgan fingerprint density at radius 3 is 2.73 bits per heavy atom. The molecule has 0 unspecified atom stereocenters. The molecule has 1 aromatic rings. The predicted octanol–water partition coefficient (Wildman–Crippen LogP) is 1.53. The number of aliphatic hydroxyl groups excluding tert-OH is 1. The number of nitrogens with zero attached hydrogens (tertiary/aromatic N) is 1. The lowest BCUT2D eigenvalue weighted by atomic mass is 10.1. The number of methoxy groups -OCH3 is 1. The maximum Gasteiger partial charge on any atom is 0.272 e. The van der Waals surface area contributed by atoms with Crippen LogP contribution < -0.4 is 4.74 Å². The number of nitro groups is 1. The maximum absolute atomic E-state index is 10.7. The predicted molar refractivity (Wildman–Crippen MR) is 55.0 cm³/mol. The minimum absolute atomic E-state index is 0.0108. The van der Waals surface area contributed by atoms with Crippen LogP contribution in [0.25, 0.3) is 0 Å². The molecule has 0 spiro atoms. The fraction of sp³-hybridized carbons (Fsp3) is 0.400. The summed E-state index contributed by atoms with van der Waals surface area (Å²) < 4.78 is 4.97. The summed E-state index contributed by atoms with van der Waals surface area (Å²) in [6.07, 6.45) is -0.371. The Morgan fingerprint density at radius 2 is 2.27 bits per heavy atom. The molecular formula is C10H13NO4. The van der Waals surface area contributed by atoms with Crippen molar-refractivity contribution in [2.45, 2.75) is 19.4 Å². The molecule has 0 bridgehead atoms. The Labute approximate surface area is 87.5 Å². The average molecular weight is 211 g/mol. The van der Waals surface area contributed by atoms with E-state index in [2.05, 4.69) is 0 Å². The Bertz CT molecular complexity index is 362. The van der Waals surface area contributed by atoms with Crippen molar-refractivity contribution in [1.29, 1.82) is 0 Å². The van der Waals surface area contributed by atoms with Gasteiger partial charge in [-0.2, -0.15) is 0 Å². The van der Waals surface area contributed by atoms with Gasteiger partial charge in [0.25, 0.3) is 5.69 Å². The molecule has 82 valence electrons. The van der Waals surface area contributed by atoms with Crippen LogP contribution in [0.2, 0.25) is 0 Å². The molecule has 0 aliphatic heterocycles. The van der Waals surface area contributed by atoms with E-state index in [9.17, 15) is 15.2 Å². The minimum Gasteiger partial charge on any atom is -0.497 e. The molecule has 0 aliphatic rings.